The third kappa shape index (κ3) is 4.01. The number of aromatic nitrogens is 3. The van der Waals surface area contributed by atoms with Crippen LogP contribution in [0.3, 0.4) is 0 Å². The first-order chi connectivity index (χ1) is 13.2. The van der Waals surface area contributed by atoms with Gasteiger partial charge in [-0.2, -0.15) is 15.4 Å². The fraction of sp³-hybridized carbons (Fsp3) is 0.316. The van der Waals surface area contributed by atoms with Crippen molar-refractivity contribution in [1.82, 2.24) is 25.2 Å². The summed E-state index contributed by atoms with van der Waals surface area (Å²) < 4.78 is 5.28. The molecular formula is C19H22N6O2. The zero-order valence-corrected chi connectivity index (χ0v) is 15.2. The lowest BCUT2D eigenvalue weighted by Gasteiger charge is -2.34. The Morgan fingerprint density at radius 3 is 2.74 bits per heavy atom. The van der Waals surface area contributed by atoms with Gasteiger partial charge < -0.3 is 15.0 Å². The second kappa shape index (κ2) is 7.63. The molecule has 2 amide bonds. The van der Waals surface area contributed by atoms with Crippen LogP contribution in [0.15, 0.2) is 42.5 Å². The monoisotopic (exact) mass is 366 g/mol. The number of rotatable bonds is 4. The number of benzene rings is 2. The highest BCUT2D eigenvalue weighted by Gasteiger charge is 2.21. The molecular weight excluding hydrogens is 344 g/mol. The Hall–Kier alpha value is -3.13. The summed E-state index contributed by atoms with van der Waals surface area (Å²) in [7, 11) is 1.68. The Bertz CT molecular complexity index is 933. The summed E-state index contributed by atoms with van der Waals surface area (Å²) in [6, 6.07) is 13.5. The minimum absolute atomic E-state index is 0.0844. The second-order valence-corrected chi connectivity index (χ2v) is 6.57. The van der Waals surface area contributed by atoms with E-state index in [2.05, 4.69) is 37.8 Å². The number of ether oxygens (including phenoxy) is 1. The molecule has 8 heteroatoms. The van der Waals surface area contributed by atoms with Crippen molar-refractivity contribution in [2.75, 3.05) is 38.6 Å². The Morgan fingerprint density at radius 1 is 1.11 bits per heavy atom. The topological polar surface area (TPSA) is 86.4 Å². The lowest BCUT2D eigenvalue weighted by atomic mass is 10.2. The summed E-state index contributed by atoms with van der Waals surface area (Å²) >= 11 is 0. The minimum Gasteiger partial charge on any atom is -0.497 e. The number of carbonyl (C=O) groups is 1. The smallest absolute Gasteiger partial charge is 0.321 e. The quantitative estimate of drug-likeness (QED) is 0.740. The van der Waals surface area contributed by atoms with Gasteiger partial charge in [0.1, 0.15) is 16.8 Å². The van der Waals surface area contributed by atoms with Gasteiger partial charge >= 0.3 is 6.03 Å². The number of amides is 2. The molecule has 1 aliphatic heterocycles. The summed E-state index contributed by atoms with van der Waals surface area (Å²) in [5.74, 6) is 0.870. The van der Waals surface area contributed by atoms with E-state index in [0.29, 0.717) is 13.1 Å². The summed E-state index contributed by atoms with van der Waals surface area (Å²) in [4.78, 5) is 16.7. The van der Waals surface area contributed by atoms with Crippen molar-refractivity contribution in [1.29, 1.82) is 0 Å². The lowest BCUT2D eigenvalue weighted by Crippen LogP contribution is -2.49. The van der Waals surface area contributed by atoms with E-state index in [1.165, 1.54) is 5.56 Å². The average molecular weight is 366 g/mol. The van der Waals surface area contributed by atoms with Crippen molar-refractivity contribution < 1.29 is 9.53 Å². The zero-order chi connectivity index (χ0) is 18.6. The van der Waals surface area contributed by atoms with Crippen molar-refractivity contribution in [3.8, 4) is 5.75 Å². The summed E-state index contributed by atoms with van der Waals surface area (Å²) in [5, 5.41) is 13.6. The molecule has 0 saturated carbocycles. The van der Waals surface area contributed by atoms with Gasteiger partial charge in [0.15, 0.2) is 0 Å². The van der Waals surface area contributed by atoms with Gasteiger partial charge in [0, 0.05) is 38.4 Å². The van der Waals surface area contributed by atoms with Crippen molar-refractivity contribution in [2.24, 2.45) is 0 Å². The highest BCUT2D eigenvalue weighted by molar-refractivity contribution is 5.91. The van der Waals surface area contributed by atoms with E-state index in [1.54, 1.807) is 7.11 Å². The number of fused-ring (bicyclic) bond motifs is 1. The van der Waals surface area contributed by atoms with E-state index in [9.17, 15) is 4.79 Å². The minimum atomic E-state index is -0.0844. The van der Waals surface area contributed by atoms with Gasteiger partial charge in [0.2, 0.25) is 0 Å². The molecule has 0 atom stereocenters. The molecule has 8 nitrogen and oxygen atoms in total. The molecule has 1 saturated heterocycles. The molecule has 1 aromatic heterocycles. The molecule has 1 aliphatic rings. The molecule has 4 rings (SSSR count). The molecule has 0 spiro atoms. The van der Waals surface area contributed by atoms with Crippen LogP contribution in [0.5, 0.6) is 5.75 Å². The van der Waals surface area contributed by atoms with E-state index >= 15 is 0 Å². The Morgan fingerprint density at radius 2 is 1.93 bits per heavy atom. The maximum Gasteiger partial charge on any atom is 0.321 e. The first-order valence-electron chi connectivity index (χ1n) is 8.93. The van der Waals surface area contributed by atoms with Crippen LogP contribution >= 0.6 is 0 Å². The number of methoxy groups -OCH3 is 1. The van der Waals surface area contributed by atoms with Gasteiger partial charge in [-0.3, -0.25) is 4.90 Å². The van der Waals surface area contributed by atoms with Gasteiger partial charge in [-0.15, -0.1) is 0 Å². The van der Waals surface area contributed by atoms with Gasteiger partial charge in [-0.25, -0.2) is 4.79 Å². The first-order valence-corrected chi connectivity index (χ1v) is 8.93. The van der Waals surface area contributed by atoms with Crippen molar-refractivity contribution in [2.45, 2.75) is 6.54 Å². The second-order valence-electron chi connectivity index (χ2n) is 6.57. The molecule has 2 heterocycles. The molecule has 2 aromatic carbocycles. The van der Waals surface area contributed by atoms with Crippen molar-refractivity contribution in [3.63, 3.8) is 0 Å². The van der Waals surface area contributed by atoms with Crippen LogP contribution < -0.4 is 10.1 Å². The molecule has 140 valence electrons. The van der Waals surface area contributed by atoms with E-state index in [0.717, 1.165) is 42.1 Å². The zero-order valence-electron chi connectivity index (χ0n) is 15.2. The third-order valence-corrected chi connectivity index (χ3v) is 4.77. The highest BCUT2D eigenvalue weighted by atomic mass is 16.5. The Balaban J connectivity index is 1.30. The van der Waals surface area contributed by atoms with Crippen LogP contribution in [-0.2, 0) is 6.54 Å². The number of aromatic amines is 1. The number of anilines is 1. The van der Waals surface area contributed by atoms with Gasteiger partial charge in [-0.1, -0.05) is 12.1 Å². The van der Waals surface area contributed by atoms with Crippen LogP contribution in [-0.4, -0.2) is 64.5 Å². The number of urea groups is 1. The number of H-pyrrole nitrogens is 1. The van der Waals surface area contributed by atoms with E-state index in [-0.39, 0.29) is 6.03 Å². The number of nitrogens with one attached hydrogen (secondary N) is 2. The van der Waals surface area contributed by atoms with E-state index in [1.807, 2.05) is 35.2 Å². The molecule has 0 radical (unpaired) electrons. The van der Waals surface area contributed by atoms with Crippen molar-refractivity contribution in [3.05, 3.63) is 48.0 Å². The SMILES string of the molecule is COc1cccc(CN2CCN(C(=O)Nc3ccc4n[nH]nc4c3)CC2)c1. The van der Waals surface area contributed by atoms with Crippen LogP contribution in [0.1, 0.15) is 5.56 Å². The number of hydrogen-bond donors (Lipinski definition) is 2. The highest BCUT2D eigenvalue weighted by Crippen LogP contribution is 2.17. The Kier molecular flexibility index (Phi) is 4.88. The van der Waals surface area contributed by atoms with Crippen LogP contribution in [0, 0.1) is 0 Å². The number of piperazine rings is 1. The maximum atomic E-state index is 12.5. The van der Waals surface area contributed by atoms with Gasteiger partial charge in [0.25, 0.3) is 0 Å². The van der Waals surface area contributed by atoms with E-state index < -0.39 is 0 Å². The summed E-state index contributed by atoms with van der Waals surface area (Å²) in [5.41, 5.74) is 3.45. The molecule has 3 aromatic rings. The first kappa shape index (κ1) is 17.3. The fourth-order valence-corrected chi connectivity index (χ4v) is 3.26. The predicted molar refractivity (Wildman–Crippen MR) is 103 cm³/mol. The summed E-state index contributed by atoms with van der Waals surface area (Å²) in [6.07, 6.45) is 0. The molecule has 0 unspecified atom stereocenters. The average Bonchev–Trinajstić information content (AvgIpc) is 3.16. The number of nitrogens with zero attached hydrogens (tertiary/aromatic N) is 4. The summed E-state index contributed by atoms with van der Waals surface area (Å²) in [6.45, 7) is 3.93. The molecule has 27 heavy (non-hydrogen) atoms. The van der Waals surface area contributed by atoms with Crippen LogP contribution in [0.4, 0.5) is 10.5 Å². The Labute approximate surface area is 157 Å². The molecule has 1 fully saturated rings. The number of hydrogen-bond acceptors (Lipinski definition) is 5. The number of carbonyl (C=O) groups excluding carboxylic acids is 1. The molecule has 2 N–H and O–H groups in total. The third-order valence-electron chi connectivity index (χ3n) is 4.77. The molecule has 0 bridgehead atoms. The fourth-order valence-electron chi connectivity index (χ4n) is 3.26. The van der Waals surface area contributed by atoms with Crippen LogP contribution in [0.25, 0.3) is 11.0 Å². The maximum absolute atomic E-state index is 12.5. The largest absolute Gasteiger partial charge is 0.497 e. The van der Waals surface area contributed by atoms with Gasteiger partial charge in [-0.05, 0) is 35.9 Å². The predicted octanol–water partition coefficient (Wildman–Crippen LogP) is 2.32. The molecule has 0 aliphatic carbocycles. The van der Waals surface area contributed by atoms with Crippen LogP contribution in [0.2, 0.25) is 0 Å². The van der Waals surface area contributed by atoms with Gasteiger partial charge in [0.05, 0.1) is 7.11 Å². The van der Waals surface area contributed by atoms with Crippen molar-refractivity contribution >= 4 is 22.8 Å². The normalized spacial score (nSPS) is 15.1. The standard InChI is InChI=1S/C19H22N6O2/c1-27-16-4-2-3-14(11-16)13-24-7-9-25(10-8-24)19(26)20-15-5-6-17-18(12-15)22-23-21-17/h2-6,11-12H,7-10,13H2,1H3,(H,20,26)(H,21,22,23). The van der Waals surface area contributed by atoms with E-state index in [4.69, 9.17) is 4.74 Å². The lowest BCUT2D eigenvalue weighted by molar-refractivity contribution is 0.143.